The Labute approximate surface area is 234 Å². The summed E-state index contributed by atoms with van der Waals surface area (Å²) >= 11 is 9.74. The Balaban J connectivity index is 1.36. The van der Waals surface area contributed by atoms with Crippen LogP contribution in [0.15, 0.2) is 40.3 Å². The normalized spacial score (nSPS) is 19.7. The smallest absolute Gasteiger partial charge is 0.352 e. The molecule has 4 rings (SSSR count). The third-order valence-electron chi connectivity index (χ3n) is 5.56. The van der Waals surface area contributed by atoms with Crippen LogP contribution in [0.1, 0.15) is 11.5 Å². The molecule has 1 saturated heterocycles. The second kappa shape index (κ2) is 12.2. The number of hydrogen-bond acceptors (Lipinski definition) is 12. The Kier molecular flexibility index (Phi) is 8.99. The second-order valence-electron chi connectivity index (χ2n) is 8.11. The van der Waals surface area contributed by atoms with Crippen molar-refractivity contribution in [3.05, 3.63) is 51.0 Å². The van der Waals surface area contributed by atoms with Gasteiger partial charge in [0, 0.05) is 30.4 Å². The Hall–Kier alpha value is -3.05. The molecule has 2 amide bonds. The van der Waals surface area contributed by atoms with Crippen molar-refractivity contribution in [2.24, 2.45) is 5.16 Å². The van der Waals surface area contributed by atoms with Gasteiger partial charge in [-0.15, -0.1) is 23.5 Å². The average molecular weight is 599 g/mol. The lowest BCUT2D eigenvalue weighted by Crippen LogP contribution is -2.71. The fourth-order valence-electron chi connectivity index (χ4n) is 3.77. The summed E-state index contributed by atoms with van der Waals surface area (Å²) in [7, 11) is 1.98. The number of nitrogens with two attached hydrogens (primary N) is 1. The predicted molar refractivity (Wildman–Crippen MR) is 146 cm³/mol. The summed E-state index contributed by atoms with van der Waals surface area (Å²) in [4.78, 5) is 52.0. The van der Waals surface area contributed by atoms with Gasteiger partial charge in [-0.2, -0.15) is 0 Å². The number of nitrogens with one attached hydrogen (secondary N) is 2. The molecule has 1 fully saturated rings. The van der Waals surface area contributed by atoms with Gasteiger partial charge in [0.15, 0.2) is 10.8 Å². The topological polar surface area (TPSA) is 190 Å². The van der Waals surface area contributed by atoms with E-state index in [0.29, 0.717) is 17.9 Å². The lowest BCUT2D eigenvalue weighted by molar-refractivity contribution is -0.150. The minimum atomic E-state index is -1.24. The van der Waals surface area contributed by atoms with Gasteiger partial charge in [0.1, 0.15) is 33.0 Å². The molecule has 2 aliphatic heterocycles. The number of allylic oxidation sites excluding steroid dienone is 1. The van der Waals surface area contributed by atoms with E-state index in [1.165, 1.54) is 23.5 Å². The summed E-state index contributed by atoms with van der Waals surface area (Å²) in [5.41, 5.74) is 5.34. The monoisotopic (exact) mass is 598 g/mol. The number of hydrogen-bond donors (Lipinski definition) is 5. The van der Waals surface area contributed by atoms with E-state index in [2.05, 4.69) is 30.3 Å². The largest absolute Gasteiger partial charge is 0.477 e. The number of carbonyl (C=O) groups is 3. The van der Waals surface area contributed by atoms with Crippen molar-refractivity contribution >= 4 is 75.1 Å². The number of carbonyl (C=O) groups excluding carboxylic acids is 2. The van der Waals surface area contributed by atoms with Crippen LogP contribution in [-0.2, 0) is 20.9 Å². The van der Waals surface area contributed by atoms with Crippen molar-refractivity contribution in [1.82, 2.24) is 30.1 Å². The van der Waals surface area contributed by atoms with Crippen LogP contribution >= 0.6 is 46.5 Å². The molecule has 17 heteroatoms. The molecule has 0 unspecified atom stereocenters. The number of fused-ring (bicyclic) bond motifs is 1. The van der Waals surface area contributed by atoms with Gasteiger partial charge >= 0.3 is 5.97 Å². The first-order valence-electron chi connectivity index (χ1n) is 11.0. The number of carboxylic acid groups (broad SMARTS) is 1. The maximum Gasteiger partial charge on any atom is 0.352 e. The Morgan fingerprint density at radius 1 is 1.50 bits per heavy atom. The zero-order chi connectivity index (χ0) is 27.4. The summed E-state index contributed by atoms with van der Waals surface area (Å²) in [5.74, 6) is -0.737. The van der Waals surface area contributed by atoms with Crippen LogP contribution in [0.3, 0.4) is 0 Å². The Morgan fingerprint density at radius 3 is 2.92 bits per heavy atom. The third kappa shape index (κ3) is 5.99. The molecule has 0 saturated carbocycles. The maximum absolute atomic E-state index is 12.9. The molecular formula is C21H23ClN8O5S3. The number of nitrogen functional groups attached to an aromatic ring is 1. The Bertz CT molecular complexity index is 1310. The number of thioether (sulfide) groups is 2. The number of β-lactam (4-membered cyclic amide) rings is 1. The van der Waals surface area contributed by atoms with Gasteiger partial charge in [-0.05, 0) is 24.1 Å². The van der Waals surface area contributed by atoms with Crippen LogP contribution in [0.25, 0.3) is 0 Å². The molecule has 0 radical (unpaired) electrons. The number of carboxylic acids is 1. The van der Waals surface area contributed by atoms with Gasteiger partial charge < -0.3 is 26.3 Å². The molecule has 2 aliphatic rings. The van der Waals surface area contributed by atoms with E-state index >= 15 is 0 Å². The number of aromatic amines is 1. The Morgan fingerprint density at radius 2 is 2.29 bits per heavy atom. The van der Waals surface area contributed by atoms with E-state index in [9.17, 15) is 24.7 Å². The van der Waals surface area contributed by atoms with Crippen LogP contribution in [-0.4, -0.2) is 95.1 Å². The van der Waals surface area contributed by atoms with Crippen LogP contribution in [0.5, 0.6) is 0 Å². The van der Waals surface area contributed by atoms with Crippen molar-refractivity contribution in [2.75, 3.05) is 30.8 Å². The number of nitrogens with zero attached hydrogens (tertiary/aromatic N) is 5. The van der Waals surface area contributed by atoms with Crippen LogP contribution < -0.4 is 11.1 Å². The SMILES string of the molecule is CN(CCSC=CC1=C(C(=O)O)N2C(=O)[C@@H](NC(=O)/C(=N\O)c3nc(N)sc3Cl)[C@H]2SC1)Cc1ncc[nH]1. The summed E-state index contributed by atoms with van der Waals surface area (Å²) in [6.45, 7) is 1.48. The molecule has 0 bridgehead atoms. The average Bonchev–Trinajstić information content (AvgIpc) is 3.50. The van der Waals surface area contributed by atoms with E-state index in [0.717, 1.165) is 34.4 Å². The van der Waals surface area contributed by atoms with Crippen LogP contribution in [0.4, 0.5) is 5.13 Å². The highest BCUT2D eigenvalue weighted by Crippen LogP contribution is 2.41. The third-order valence-corrected chi connectivity index (χ3v) is 8.69. The van der Waals surface area contributed by atoms with Crippen LogP contribution in [0, 0.1) is 0 Å². The molecule has 6 N–H and O–H groups in total. The fourth-order valence-corrected chi connectivity index (χ4v) is 6.83. The van der Waals surface area contributed by atoms with Crippen molar-refractivity contribution in [3.8, 4) is 0 Å². The predicted octanol–water partition coefficient (Wildman–Crippen LogP) is 1.40. The van der Waals surface area contributed by atoms with E-state index in [4.69, 9.17) is 17.3 Å². The molecule has 2 atom stereocenters. The first kappa shape index (κ1) is 28.0. The van der Waals surface area contributed by atoms with Crippen molar-refractivity contribution in [2.45, 2.75) is 18.0 Å². The number of amides is 2. The number of imidazole rings is 1. The number of rotatable bonds is 11. The lowest BCUT2D eigenvalue weighted by atomic mass is 10.0. The van der Waals surface area contributed by atoms with Gasteiger partial charge in [-0.3, -0.25) is 19.4 Å². The molecule has 2 aromatic heterocycles. The number of aromatic nitrogens is 3. The standard InChI is InChI=1S/C21H23ClN8O5S3/c1-29(8-11-24-3-4-25-11)5-7-36-6-2-10-9-37-19-14(18(32)30(19)15(10)20(33)34)26-17(31)13(28-35)12-16(22)38-21(23)27-12/h2-4,6,14,19,35H,5,7-9H2,1H3,(H2,23,27)(H,24,25)(H,26,31)(H,33,34)/b6-2?,28-13-/t14-,19-/m1/s1. The number of anilines is 1. The highest BCUT2D eigenvalue weighted by Gasteiger charge is 2.54. The van der Waals surface area contributed by atoms with Gasteiger partial charge in [-0.25, -0.2) is 14.8 Å². The van der Waals surface area contributed by atoms with Gasteiger partial charge in [0.25, 0.3) is 11.8 Å². The lowest BCUT2D eigenvalue weighted by Gasteiger charge is -2.49. The van der Waals surface area contributed by atoms with Gasteiger partial charge in [0.05, 0.1) is 6.54 Å². The van der Waals surface area contributed by atoms with Gasteiger partial charge in [0.2, 0.25) is 0 Å². The zero-order valence-electron chi connectivity index (χ0n) is 19.8. The first-order valence-corrected chi connectivity index (χ1v) is 14.3. The molecule has 202 valence electrons. The summed E-state index contributed by atoms with van der Waals surface area (Å²) in [6.07, 6.45) is 5.18. The van der Waals surface area contributed by atoms with Crippen molar-refractivity contribution < 1.29 is 24.7 Å². The zero-order valence-corrected chi connectivity index (χ0v) is 23.0. The summed E-state index contributed by atoms with van der Waals surface area (Å²) in [6, 6.07) is -1.02. The molecule has 0 spiro atoms. The quantitative estimate of drug-likeness (QED) is 0.0826. The highest BCUT2D eigenvalue weighted by molar-refractivity contribution is 8.02. The minimum Gasteiger partial charge on any atom is -0.477 e. The molecule has 38 heavy (non-hydrogen) atoms. The molecule has 0 aromatic carbocycles. The summed E-state index contributed by atoms with van der Waals surface area (Å²) < 4.78 is 0.0496. The van der Waals surface area contributed by atoms with E-state index in [1.54, 1.807) is 18.5 Å². The highest BCUT2D eigenvalue weighted by atomic mass is 35.5. The van der Waals surface area contributed by atoms with E-state index < -0.39 is 34.9 Å². The van der Waals surface area contributed by atoms with Crippen molar-refractivity contribution in [3.63, 3.8) is 0 Å². The number of oxime groups is 1. The second-order valence-corrected chi connectivity index (χ2v) is 11.9. The van der Waals surface area contributed by atoms with Gasteiger partial charge in [-0.1, -0.05) is 28.1 Å². The molecular weight excluding hydrogens is 576 g/mol. The maximum atomic E-state index is 12.9. The number of H-pyrrole nitrogens is 1. The molecule has 0 aliphatic carbocycles. The van der Waals surface area contributed by atoms with Crippen LogP contribution in [0.2, 0.25) is 4.34 Å². The number of thiazole rings is 1. The first-order chi connectivity index (χ1) is 18.2. The van der Waals surface area contributed by atoms with E-state index in [-0.39, 0.29) is 20.9 Å². The fraction of sp³-hybridized carbons (Fsp3) is 0.333. The van der Waals surface area contributed by atoms with Crippen molar-refractivity contribution in [1.29, 1.82) is 0 Å². The number of aliphatic carboxylic acids is 1. The molecule has 4 heterocycles. The minimum absolute atomic E-state index is 0.0496. The summed E-state index contributed by atoms with van der Waals surface area (Å²) in [5, 5.41) is 25.9. The molecule has 13 nitrogen and oxygen atoms in total. The van der Waals surface area contributed by atoms with E-state index in [1.807, 2.05) is 12.5 Å². The number of halogens is 1. The molecule has 2 aromatic rings.